The summed E-state index contributed by atoms with van der Waals surface area (Å²) in [5.41, 5.74) is 2.03. The molecule has 100 valence electrons. The van der Waals surface area contributed by atoms with E-state index in [2.05, 4.69) is 27.2 Å². The predicted octanol–water partition coefficient (Wildman–Crippen LogP) is 3.41. The van der Waals surface area contributed by atoms with E-state index in [1.54, 1.807) is 12.4 Å². The van der Waals surface area contributed by atoms with Gasteiger partial charge in [0, 0.05) is 18.9 Å². The van der Waals surface area contributed by atoms with Gasteiger partial charge in [-0.15, -0.1) is 0 Å². The van der Waals surface area contributed by atoms with Crippen LogP contribution in [0.15, 0.2) is 24.5 Å². The molecule has 0 unspecified atom stereocenters. The largest absolute Gasteiger partial charge is 0.369 e. The zero-order valence-electron chi connectivity index (χ0n) is 11.4. The van der Waals surface area contributed by atoms with E-state index < -0.39 is 0 Å². The lowest BCUT2D eigenvalue weighted by atomic mass is 9.83. The van der Waals surface area contributed by atoms with Gasteiger partial charge in [-0.1, -0.05) is 19.8 Å². The van der Waals surface area contributed by atoms with Crippen LogP contribution in [0.25, 0.3) is 11.2 Å². The fraction of sp³-hybridized carbons (Fsp3) is 0.533. The second-order valence-corrected chi connectivity index (χ2v) is 5.51. The van der Waals surface area contributed by atoms with Crippen molar-refractivity contribution in [2.75, 3.05) is 11.9 Å². The number of pyridine rings is 1. The summed E-state index contributed by atoms with van der Waals surface area (Å²) in [6, 6.07) is 3.97. The minimum absolute atomic E-state index is 0.471. The van der Waals surface area contributed by atoms with Gasteiger partial charge in [0.15, 0.2) is 5.65 Å². The van der Waals surface area contributed by atoms with Crippen molar-refractivity contribution in [2.24, 2.45) is 5.41 Å². The molecule has 1 N–H and O–H groups in total. The van der Waals surface area contributed by atoms with E-state index in [0.29, 0.717) is 11.1 Å². The van der Waals surface area contributed by atoms with Gasteiger partial charge >= 0.3 is 0 Å². The molecule has 0 aromatic carbocycles. The SMILES string of the molecule is CCC1(CNc2ccc3nccnc3n2)CCCC1. The Morgan fingerprint density at radius 1 is 1.16 bits per heavy atom. The monoisotopic (exact) mass is 256 g/mol. The normalized spacial score (nSPS) is 17.7. The van der Waals surface area contributed by atoms with Crippen molar-refractivity contribution in [1.82, 2.24) is 15.0 Å². The lowest BCUT2D eigenvalue weighted by Gasteiger charge is -2.27. The third-order valence-electron chi connectivity index (χ3n) is 4.39. The summed E-state index contributed by atoms with van der Waals surface area (Å²) < 4.78 is 0. The van der Waals surface area contributed by atoms with E-state index >= 15 is 0 Å². The Morgan fingerprint density at radius 2 is 1.95 bits per heavy atom. The molecule has 4 heteroatoms. The predicted molar refractivity (Wildman–Crippen MR) is 77.0 cm³/mol. The fourth-order valence-corrected chi connectivity index (χ4v) is 3.01. The van der Waals surface area contributed by atoms with Gasteiger partial charge < -0.3 is 5.32 Å². The van der Waals surface area contributed by atoms with E-state index in [1.807, 2.05) is 12.1 Å². The molecule has 2 heterocycles. The van der Waals surface area contributed by atoms with E-state index in [4.69, 9.17) is 0 Å². The standard InChI is InChI=1S/C15H20N4/c1-2-15(7-3-4-8-15)11-18-13-6-5-12-14(19-13)17-10-9-16-12/h5-6,9-10H,2-4,7-8,11H2,1H3,(H,17,18,19). The summed E-state index contributed by atoms with van der Waals surface area (Å²) >= 11 is 0. The molecule has 0 saturated heterocycles. The quantitative estimate of drug-likeness (QED) is 0.910. The summed E-state index contributed by atoms with van der Waals surface area (Å²) in [5, 5.41) is 3.49. The van der Waals surface area contributed by atoms with Gasteiger partial charge in [-0.2, -0.15) is 0 Å². The molecule has 3 rings (SSSR count). The average molecular weight is 256 g/mol. The molecular weight excluding hydrogens is 236 g/mol. The first-order valence-electron chi connectivity index (χ1n) is 7.13. The maximum Gasteiger partial charge on any atom is 0.180 e. The lowest BCUT2D eigenvalue weighted by molar-refractivity contribution is 0.306. The highest BCUT2D eigenvalue weighted by Crippen LogP contribution is 2.40. The van der Waals surface area contributed by atoms with Crippen LogP contribution in [0, 0.1) is 5.41 Å². The van der Waals surface area contributed by atoms with Crippen molar-refractivity contribution >= 4 is 17.0 Å². The third-order valence-corrected chi connectivity index (χ3v) is 4.39. The van der Waals surface area contributed by atoms with Gasteiger partial charge in [0.1, 0.15) is 11.3 Å². The van der Waals surface area contributed by atoms with Crippen LogP contribution in [0.5, 0.6) is 0 Å². The molecule has 0 amide bonds. The van der Waals surface area contributed by atoms with Crippen molar-refractivity contribution in [3.8, 4) is 0 Å². The smallest absolute Gasteiger partial charge is 0.180 e. The molecule has 0 atom stereocenters. The van der Waals surface area contributed by atoms with Crippen molar-refractivity contribution < 1.29 is 0 Å². The Bertz CT molecular complexity index is 561. The molecular formula is C15H20N4. The minimum Gasteiger partial charge on any atom is -0.369 e. The number of nitrogens with zero attached hydrogens (tertiary/aromatic N) is 3. The highest BCUT2D eigenvalue weighted by Gasteiger charge is 2.31. The van der Waals surface area contributed by atoms with Gasteiger partial charge in [0.2, 0.25) is 0 Å². The van der Waals surface area contributed by atoms with E-state index in [1.165, 1.54) is 32.1 Å². The van der Waals surface area contributed by atoms with E-state index in [-0.39, 0.29) is 0 Å². The summed E-state index contributed by atoms with van der Waals surface area (Å²) in [4.78, 5) is 13.0. The first-order chi connectivity index (χ1) is 9.31. The summed E-state index contributed by atoms with van der Waals surface area (Å²) in [7, 11) is 0. The van der Waals surface area contributed by atoms with Gasteiger partial charge in [-0.25, -0.2) is 9.97 Å². The molecule has 2 aromatic heterocycles. The van der Waals surface area contributed by atoms with Crippen LogP contribution in [-0.4, -0.2) is 21.5 Å². The van der Waals surface area contributed by atoms with Gasteiger partial charge in [-0.05, 0) is 36.8 Å². The zero-order chi connectivity index (χ0) is 13.1. The topological polar surface area (TPSA) is 50.7 Å². The van der Waals surface area contributed by atoms with Crippen molar-refractivity contribution in [2.45, 2.75) is 39.0 Å². The van der Waals surface area contributed by atoms with Crippen LogP contribution >= 0.6 is 0 Å². The molecule has 0 spiro atoms. The Labute approximate surface area is 113 Å². The van der Waals surface area contributed by atoms with Gasteiger partial charge in [0.25, 0.3) is 0 Å². The number of anilines is 1. The summed E-state index contributed by atoms with van der Waals surface area (Å²) in [6.45, 7) is 3.31. The molecule has 4 nitrogen and oxygen atoms in total. The number of aromatic nitrogens is 3. The van der Waals surface area contributed by atoms with Crippen LogP contribution < -0.4 is 5.32 Å². The molecule has 2 aromatic rings. The number of fused-ring (bicyclic) bond motifs is 1. The van der Waals surface area contributed by atoms with Crippen LogP contribution in [0.3, 0.4) is 0 Å². The zero-order valence-corrected chi connectivity index (χ0v) is 11.4. The van der Waals surface area contributed by atoms with Gasteiger partial charge in [0.05, 0.1) is 0 Å². The first kappa shape index (κ1) is 12.3. The molecule has 0 aliphatic heterocycles. The lowest BCUT2D eigenvalue weighted by Crippen LogP contribution is -2.26. The molecule has 1 fully saturated rings. The molecule has 19 heavy (non-hydrogen) atoms. The van der Waals surface area contributed by atoms with Crippen LogP contribution in [0.1, 0.15) is 39.0 Å². The second kappa shape index (κ2) is 5.11. The molecule has 1 saturated carbocycles. The molecule has 0 bridgehead atoms. The maximum absolute atomic E-state index is 4.52. The van der Waals surface area contributed by atoms with E-state index in [9.17, 15) is 0 Å². The molecule has 0 radical (unpaired) electrons. The van der Waals surface area contributed by atoms with Crippen LogP contribution in [0.2, 0.25) is 0 Å². The molecule has 1 aliphatic rings. The number of rotatable bonds is 4. The minimum atomic E-state index is 0.471. The van der Waals surface area contributed by atoms with Crippen LogP contribution in [-0.2, 0) is 0 Å². The Morgan fingerprint density at radius 3 is 2.74 bits per heavy atom. The van der Waals surface area contributed by atoms with E-state index in [0.717, 1.165) is 17.9 Å². The van der Waals surface area contributed by atoms with Crippen molar-refractivity contribution in [3.05, 3.63) is 24.5 Å². The maximum atomic E-state index is 4.52. The summed E-state index contributed by atoms with van der Waals surface area (Å²) in [5.74, 6) is 0.910. The fourth-order valence-electron chi connectivity index (χ4n) is 3.01. The van der Waals surface area contributed by atoms with Crippen molar-refractivity contribution in [3.63, 3.8) is 0 Å². The third kappa shape index (κ3) is 2.53. The Hall–Kier alpha value is -1.71. The first-order valence-corrected chi connectivity index (χ1v) is 7.13. The Balaban J connectivity index is 1.74. The highest BCUT2D eigenvalue weighted by molar-refractivity contribution is 5.71. The number of nitrogens with one attached hydrogen (secondary N) is 1. The van der Waals surface area contributed by atoms with Crippen molar-refractivity contribution in [1.29, 1.82) is 0 Å². The number of hydrogen-bond donors (Lipinski definition) is 1. The summed E-state index contributed by atoms with van der Waals surface area (Å²) in [6.07, 6.45) is 10.0. The molecule has 1 aliphatic carbocycles. The number of hydrogen-bond acceptors (Lipinski definition) is 4. The highest BCUT2D eigenvalue weighted by atomic mass is 15.0. The van der Waals surface area contributed by atoms with Crippen LogP contribution in [0.4, 0.5) is 5.82 Å². The Kier molecular flexibility index (Phi) is 3.32. The average Bonchev–Trinajstić information content (AvgIpc) is 2.94. The van der Waals surface area contributed by atoms with Gasteiger partial charge in [-0.3, -0.25) is 4.98 Å². The second-order valence-electron chi connectivity index (χ2n) is 5.51.